The molecule has 0 saturated carbocycles. The summed E-state index contributed by atoms with van der Waals surface area (Å²) in [4.78, 5) is 16.8. The molecular weight excluding hydrogens is 320 g/mol. The minimum Gasteiger partial charge on any atom is -0.492 e. The van der Waals surface area contributed by atoms with Gasteiger partial charge in [0.15, 0.2) is 0 Å². The third-order valence-corrected chi connectivity index (χ3v) is 4.31. The molecule has 0 bridgehead atoms. The molecular formula is C19H18N2O2S. The molecule has 3 aromatic rings. The quantitative estimate of drug-likeness (QED) is 0.678. The number of hydrogen-bond acceptors (Lipinski definition) is 4. The van der Waals surface area contributed by atoms with Crippen molar-refractivity contribution < 1.29 is 9.53 Å². The molecule has 24 heavy (non-hydrogen) atoms. The first-order chi connectivity index (χ1) is 11.8. The summed E-state index contributed by atoms with van der Waals surface area (Å²) < 4.78 is 5.51. The summed E-state index contributed by atoms with van der Waals surface area (Å²) in [7, 11) is 0. The van der Waals surface area contributed by atoms with Crippen molar-refractivity contribution in [3.05, 3.63) is 60.7 Å². The monoisotopic (exact) mass is 338 g/mol. The largest absolute Gasteiger partial charge is 0.492 e. The Morgan fingerprint density at radius 3 is 2.75 bits per heavy atom. The first kappa shape index (κ1) is 16.3. The first-order valence-electron chi connectivity index (χ1n) is 7.76. The van der Waals surface area contributed by atoms with Crippen LogP contribution in [0.5, 0.6) is 5.75 Å². The van der Waals surface area contributed by atoms with Crippen LogP contribution in [0.15, 0.2) is 65.7 Å². The number of amides is 1. The molecule has 1 heterocycles. The summed E-state index contributed by atoms with van der Waals surface area (Å²) in [6.45, 7) is 2.47. The first-order valence-corrected chi connectivity index (χ1v) is 8.75. The van der Waals surface area contributed by atoms with Crippen LogP contribution >= 0.6 is 11.8 Å². The van der Waals surface area contributed by atoms with E-state index in [1.54, 1.807) is 0 Å². The Morgan fingerprint density at radius 1 is 1.08 bits per heavy atom. The van der Waals surface area contributed by atoms with Crippen LogP contribution < -0.4 is 10.1 Å². The lowest BCUT2D eigenvalue weighted by molar-refractivity contribution is -0.113. The van der Waals surface area contributed by atoms with E-state index < -0.39 is 0 Å². The molecule has 0 unspecified atom stereocenters. The molecule has 0 radical (unpaired) electrons. The molecule has 5 heteroatoms. The van der Waals surface area contributed by atoms with Gasteiger partial charge in [-0.05, 0) is 31.2 Å². The van der Waals surface area contributed by atoms with Gasteiger partial charge in [-0.15, -0.1) is 0 Å². The standard InChI is InChI=1S/C19H18N2O2S/c1-2-23-17-10-6-5-9-16(17)20-18(22)13-24-19-12-11-14-7-3-4-8-15(14)21-19/h3-12H,2,13H2,1H3,(H,20,22). The summed E-state index contributed by atoms with van der Waals surface area (Å²) in [5.74, 6) is 0.899. The maximum Gasteiger partial charge on any atom is 0.234 e. The highest BCUT2D eigenvalue weighted by Gasteiger charge is 2.08. The van der Waals surface area contributed by atoms with Crippen LogP contribution in [0.2, 0.25) is 0 Å². The summed E-state index contributed by atoms with van der Waals surface area (Å²) in [6.07, 6.45) is 0. The van der Waals surface area contributed by atoms with E-state index in [9.17, 15) is 4.79 Å². The van der Waals surface area contributed by atoms with Crippen LogP contribution in [-0.4, -0.2) is 23.3 Å². The number of benzene rings is 2. The molecule has 122 valence electrons. The molecule has 0 atom stereocenters. The molecule has 1 aromatic heterocycles. The SMILES string of the molecule is CCOc1ccccc1NC(=O)CSc1ccc2ccccc2n1. The zero-order valence-electron chi connectivity index (χ0n) is 13.4. The van der Waals surface area contributed by atoms with Gasteiger partial charge in [-0.2, -0.15) is 0 Å². The van der Waals surface area contributed by atoms with Gasteiger partial charge >= 0.3 is 0 Å². The number of nitrogens with one attached hydrogen (secondary N) is 1. The highest BCUT2D eigenvalue weighted by atomic mass is 32.2. The van der Waals surface area contributed by atoms with Gasteiger partial charge in [0.05, 0.1) is 28.6 Å². The van der Waals surface area contributed by atoms with E-state index in [0.717, 1.165) is 15.9 Å². The van der Waals surface area contributed by atoms with Gasteiger partial charge in [0, 0.05) is 5.39 Å². The van der Waals surface area contributed by atoms with Crippen LogP contribution in [0.4, 0.5) is 5.69 Å². The minimum absolute atomic E-state index is 0.0814. The van der Waals surface area contributed by atoms with E-state index in [2.05, 4.69) is 10.3 Å². The number of anilines is 1. The van der Waals surface area contributed by atoms with Crippen LogP contribution in [0, 0.1) is 0 Å². The van der Waals surface area contributed by atoms with E-state index in [1.165, 1.54) is 11.8 Å². The molecule has 2 aromatic carbocycles. The van der Waals surface area contributed by atoms with Gasteiger partial charge in [-0.1, -0.05) is 48.2 Å². The maximum atomic E-state index is 12.2. The zero-order valence-corrected chi connectivity index (χ0v) is 14.2. The van der Waals surface area contributed by atoms with E-state index >= 15 is 0 Å². The molecule has 0 spiro atoms. The molecule has 0 aliphatic rings. The van der Waals surface area contributed by atoms with Crippen molar-refractivity contribution in [2.24, 2.45) is 0 Å². The molecule has 0 aliphatic carbocycles. The van der Waals surface area contributed by atoms with Crippen molar-refractivity contribution in [1.82, 2.24) is 4.98 Å². The van der Waals surface area contributed by atoms with Crippen molar-refractivity contribution in [2.75, 3.05) is 17.7 Å². The van der Waals surface area contributed by atoms with E-state index in [-0.39, 0.29) is 5.91 Å². The molecule has 3 rings (SSSR count). The number of pyridine rings is 1. The second kappa shape index (κ2) is 7.84. The second-order valence-corrected chi connectivity index (χ2v) is 6.10. The fraction of sp³-hybridized carbons (Fsp3) is 0.158. The van der Waals surface area contributed by atoms with Crippen LogP contribution in [0.1, 0.15) is 6.92 Å². The molecule has 4 nitrogen and oxygen atoms in total. The maximum absolute atomic E-state index is 12.2. The number of thioether (sulfide) groups is 1. The summed E-state index contributed by atoms with van der Waals surface area (Å²) in [5.41, 5.74) is 1.63. The Balaban J connectivity index is 1.62. The van der Waals surface area contributed by atoms with Gasteiger partial charge in [-0.3, -0.25) is 4.79 Å². The van der Waals surface area contributed by atoms with Crippen LogP contribution in [-0.2, 0) is 4.79 Å². The molecule has 0 fully saturated rings. The summed E-state index contributed by atoms with van der Waals surface area (Å²) in [6, 6.07) is 19.3. The number of ether oxygens (including phenoxy) is 1. The lowest BCUT2D eigenvalue weighted by Crippen LogP contribution is -2.15. The fourth-order valence-electron chi connectivity index (χ4n) is 2.30. The molecule has 0 saturated heterocycles. The average molecular weight is 338 g/mol. The third kappa shape index (κ3) is 4.06. The van der Waals surface area contributed by atoms with Gasteiger partial charge < -0.3 is 10.1 Å². The number of carbonyl (C=O) groups is 1. The lowest BCUT2D eigenvalue weighted by atomic mass is 10.2. The van der Waals surface area contributed by atoms with E-state index in [0.29, 0.717) is 23.8 Å². The van der Waals surface area contributed by atoms with Gasteiger partial charge in [0.25, 0.3) is 0 Å². The number of aromatic nitrogens is 1. The van der Waals surface area contributed by atoms with Crippen molar-refractivity contribution in [1.29, 1.82) is 0 Å². The highest BCUT2D eigenvalue weighted by Crippen LogP contribution is 2.25. The van der Waals surface area contributed by atoms with Crippen LogP contribution in [0.25, 0.3) is 10.9 Å². The molecule has 1 N–H and O–H groups in total. The number of para-hydroxylation sites is 3. The van der Waals surface area contributed by atoms with E-state index in [1.807, 2.05) is 67.6 Å². The third-order valence-electron chi connectivity index (χ3n) is 3.39. The molecule has 1 amide bonds. The Labute approximate surface area is 145 Å². The number of nitrogens with zero attached hydrogens (tertiary/aromatic N) is 1. The highest BCUT2D eigenvalue weighted by molar-refractivity contribution is 7.99. The Bertz CT molecular complexity index is 851. The predicted octanol–water partition coefficient (Wildman–Crippen LogP) is 4.36. The number of rotatable bonds is 6. The lowest BCUT2D eigenvalue weighted by Gasteiger charge is -2.11. The Hall–Kier alpha value is -2.53. The normalized spacial score (nSPS) is 10.5. The van der Waals surface area contributed by atoms with Gasteiger partial charge in [0.1, 0.15) is 5.75 Å². The van der Waals surface area contributed by atoms with Gasteiger partial charge in [-0.25, -0.2) is 4.98 Å². The number of fused-ring (bicyclic) bond motifs is 1. The van der Waals surface area contributed by atoms with Crippen molar-refractivity contribution in [2.45, 2.75) is 11.9 Å². The molecule has 0 aliphatic heterocycles. The van der Waals surface area contributed by atoms with Crippen molar-refractivity contribution in [3.8, 4) is 5.75 Å². The van der Waals surface area contributed by atoms with Crippen LogP contribution in [0.3, 0.4) is 0 Å². The average Bonchev–Trinajstić information content (AvgIpc) is 2.62. The predicted molar refractivity (Wildman–Crippen MR) is 98.7 cm³/mol. The smallest absolute Gasteiger partial charge is 0.234 e. The summed E-state index contributed by atoms with van der Waals surface area (Å²) >= 11 is 1.42. The van der Waals surface area contributed by atoms with Crippen molar-refractivity contribution >= 4 is 34.3 Å². The minimum atomic E-state index is -0.0814. The zero-order chi connectivity index (χ0) is 16.8. The Morgan fingerprint density at radius 2 is 1.88 bits per heavy atom. The van der Waals surface area contributed by atoms with E-state index in [4.69, 9.17) is 4.74 Å². The second-order valence-electron chi connectivity index (χ2n) is 5.11. The fourth-order valence-corrected chi connectivity index (χ4v) is 2.98. The summed E-state index contributed by atoms with van der Waals surface area (Å²) in [5, 5.41) is 4.82. The van der Waals surface area contributed by atoms with Gasteiger partial charge in [0.2, 0.25) is 5.91 Å². The topological polar surface area (TPSA) is 51.2 Å². The Kier molecular flexibility index (Phi) is 5.33. The number of hydrogen-bond donors (Lipinski definition) is 1. The van der Waals surface area contributed by atoms with Crippen molar-refractivity contribution in [3.63, 3.8) is 0 Å². The number of carbonyl (C=O) groups excluding carboxylic acids is 1.